The summed E-state index contributed by atoms with van der Waals surface area (Å²) in [5.41, 5.74) is 4.50. The van der Waals surface area contributed by atoms with E-state index in [-0.39, 0.29) is 0 Å². The van der Waals surface area contributed by atoms with Gasteiger partial charge in [-0.1, -0.05) is 23.2 Å². The first-order chi connectivity index (χ1) is 12.4. The number of aryl methyl sites for hydroxylation is 1. The second-order valence-corrected chi connectivity index (χ2v) is 6.73. The monoisotopic (exact) mass is 386 g/mol. The molecule has 3 aromatic rings. The molecule has 0 bridgehead atoms. The zero-order valence-corrected chi connectivity index (χ0v) is 15.5. The van der Waals surface area contributed by atoms with E-state index in [2.05, 4.69) is 4.98 Å². The molecule has 0 saturated carbocycles. The lowest BCUT2D eigenvalue weighted by Gasteiger charge is -2.14. The molecule has 4 nitrogen and oxygen atoms in total. The van der Waals surface area contributed by atoms with Crippen molar-refractivity contribution in [3.63, 3.8) is 0 Å². The molecule has 2 aromatic heterocycles. The van der Waals surface area contributed by atoms with E-state index >= 15 is 0 Å². The molecular weight excluding hydrogens is 371 g/mol. The van der Waals surface area contributed by atoms with Crippen LogP contribution in [0, 0.1) is 6.92 Å². The Hall–Kier alpha value is -2.56. The van der Waals surface area contributed by atoms with Gasteiger partial charge in [0.05, 0.1) is 5.69 Å². The van der Waals surface area contributed by atoms with Gasteiger partial charge in [-0.05, 0) is 60.5 Å². The Morgan fingerprint density at radius 3 is 2.73 bits per heavy atom. The Morgan fingerprint density at radius 1 is 1.19 bits per heavy atom. The molecule has 0 unspecified atom stereocenters. The fourth-order valence-electron chi connectivity index (χ4n) is 2.74. The summed E-state index contributed by atoms with van der Waals surface area (Å²) in [6.45, 7) is 2.43. The summed E-state index contributed by atoms with van der Waals surface area (Å²) in [4.78, 5) is 15.2. The second kappa shape index (κ2) is 7.77. The van der Waals surface area contributed by atoms with Crippen LogP contribution in [0.1, 0.15) is 16.8 Å². The van der Waals surface area contributed by atoms with Crippen LogP contribution < -0.4 is 0 Å². The number of carbonyl (C=O) groups is 1. The number of halogens is 2. The van der Waals surface area contributed by atoms with Crippen molar-refractivity contribution in [1.82, 2.24) is 9.55 Å². The van der Waals surface area contributed by atoms with Crippen LogP contribution in [0.3, 0.4) is 0 Å². The fourth-order valence-corrected chi connectivity index (χ4v) is 3.12. The Labute approximate surface area is 161 Å². The summed E-state index contributed by atoms with van der Waals surface area (Å²) in [5.74, 6) is -1.00. The molecule has 132 valence electrons. The molecule has 2 heterocycles. The first kappa shape index (κ1) is 18.2. The van der Waals surface area contributed by atoms with E-state index in [1.807, 2.05) is 35.8 Å². The van der Waals surface area contributed by atoms with E-state index in [0.717, 1.165) is 34.2 Å². The topological polar surface area (TPSA) is 55.1 Å². The molecule has 1 aromatic carbocycles. The molecule has 0 radical (unpaired) electrons. The van der Waals surface area contributed by atoms with Crippen molar-refractivity contribution < 1.29 is 9.90 Å². The quantitative estimate of drug-likeness (QED) is 0.604. The lowest BCUT2D eigenvalue weighted by molar-refractivity contribution is -0.131. The number of rotatable bonds is 5. The van der Waals surface area contributed by atoms with E-state index < -0.39 is 5.97 Å². The van der Waals surface area contributed by atoms with Crippen molar-refractivity contribution in [1.29, 1.82) is 0 Å². The summed E-state index contributed by atoms with van der Waals surface area (Å²) in [6, 6.07) is 11.1. The first-order valence-electron chi connectivity index (χ1n) is 7.90. The third-order valence-corrected chi connectivity index (χ3v) is 4.52. The maximum atomic E-state index is 10.9. The molecule has 0 saturated heterocycles. The molecule has 0 aliphatic heterocycles. The van der Waals surface area contributed by atoms with E-state index in [1.54, 1.807) is 30.6 Å². The van der Waals surface area contributed by atoms with Gasteiger partial charge in [0.2, 0.25) is 0 Å². The van der Waals surface area contributed by atoms with Gasteiger partial charge < -0.3 is 9.67 Å². The minimum Gasteiger partial charge on any atom is -0.478 e. The minimum absolute atomic E-state index is 0.453. The molecule has 0 fully saturated rings. The van der Waals surface area contributed by atoms with Crippen molar-refractivity contribution >= 4 is 35.2 Å². The number of benzene rings is 1. The van der Waals surface area contributed by atoms with Gasteiger partial charge in [0, 0.05) is 46.3 Å². The van der Waals surface area contributed by atoms with Gasteiger partial charge in [-0.25, -0.2) is 4.79 Å². The number of carboxylic acid groups (broad SMARTS) is 1. The van der Waals surface area contributed by atoms with Gasteiger partial charge >= 0.3 is 5.97 Å². The standard InChI is InChI=1S/C20H16Cl2N2O2/c1-13-8-14(11-23-10-13)19-6-3-17(4-7-20(25)26)24(19)12-15-9-16(21)2-5-18(15)22/h2-11H,12H2,1H3,(H,25,26)/b7-4+. The molecule has 6 heteroatoms. The maximum Gasteiger partial charge on any atom is 0.328 e. The zero-order chi connectivity index (χ0) is 18.7. The van der Waals surface area contributed by atoms with Crippen molar-refractivity contribution in [3.05, 3.63) is 81.7 Å². The number of aliphatic carboxylic acids is 1. The first-order valence-corrected chi connectivity index (χ1v) is 8.66. The van der Waals surface area contributed by atoms with Gasteiger partial charge in [-0.2, -0.15) is 0 Å². The van der Waals surface area contributed by atoms with Crippen LogP contribution in [0.15, 0.2) is 54.9 Å². The molecule has 0 spiro atoms. The molecule has 3 rings (SSSR count). The molecule has 0 aliphatic rings. The van der Waals surface area contributed by atoms with Gasteiger partial charge in [0.15, 0.2) is 0 Å². The van der Waals surface area contributed by atoms with Crippen LogP contribution in [-0.4, -0.2) is 20.6 Å². The number of nitrogens with zero attached hydrogens (tertiary/aromatic N) is 2. The number of pyridine rings is 1. The van der Waals surface area contributed by atoms with E-state index in [4.69, 9.17) is 28.3 Å². The van der Waals surface area contributed by atoms with Crippen LogP contribution in [0.5, 0.6) is 0 Å². The van der Waals surface area contributed by atoms with Crippen molar-refractivity contribution in [2.75, 3.05) is 0 Å². The van der Waals surface area contributed by atoms with Gasteiger partial charge in [-0.15, -0.1) is 0 Å². The molecule has 1 N–H and O–H groups in total. The largest absolute Gasteiger partial charge is 0.478 e. The van der Waals surface area contributed by atoms with Crippen molar-refractivity contribution in [3.8, 4) is 11.3 Å². The van der Waals surface area contributed by atoms with E-state index in [9.17, 15) is 4.79 Å². The van der Waals surface area contributed by atoms with Crippen molar-refractivity contribution in [2.24, 2.45) is 0 Å². The highest BCUT2D eigenvalue weighted by molar-refractivity contribution is 6.33. The Balaban J connectivity index is 2.11. The maximum absolute atomic E-state index is 10.9. The van der Waals surface area contributed by atoms with Gasteiger partial charge in [0.1, 0.15) is 0 Å². The van der Waals surface area contributed by atoms with Gasteiger partial charge in [-0.3, -0.25) is 4.98 Å². The number of aromatic nitrogens is 2. The summed E-state index contributed by atoms with van der Waals surface area (Å²) in [7, 11) is 0. The second-order valence-electron chi connectivity index (χ2n) is 5.89. The average Bonchev–Trinajstić information content (AvgIpc) is 2.99. The smallest absolute Gasteiger partial charge is 0.328 e. The highest BCUT2D eigenvalue weighted by atomic mass is 35.5. The van der Waals surface area contributed by atoms with Crippen LogP contribution in [-0.2, 0) is 11.3 Å². The molecule has 0 aliphatic carbocycles. The van der Waals surface area contributed by atoms with E-state index in [1.165, 1.54) is 0 Å². The summed E-state index contributed by atoms with van der Waals surface area (Å²) < 4.78 is 1.99. The lowest BCUT2D eigenvalue weighted by Crippen LogP contribution is -2.05. The zero-order valence-electron chi connectivity index (χ0n) is 14.0. The van der Waals surface area contributed by atoms with Crippen molar-refractivity contribution in [2.45, 2.75) is 13.5 Å². The SMILES string of the molecule is Cc1cncc(-c2ccc(/C=C/C(=O)O)n2Cc2cc(Cl)ccc2Cl)c1. The molecule has 0 amide bonds. The molecule has 26 heavy (non-hydrogen) atoms. The number of carboxylic acids is 1. The summed E-state index contributed by atoms with van der Waals surface area (Å²) in [5, 5.41) is 10.1. The average molecular weight is 387 g/mol. The van der Waals surface area contributed by atoms with Gasteiger partial charge in [0.25, 0.3) is 0 Å². The minimum atomic E-state index is -1.00. The number of hydrogen-bond donors (Lipinski definition) is 1. The van der Waals surface area contributed by atoms with E-state index in [0.29, 0.717) is 16.6 Å². The van der Waals surface area contributed by atoms with Crippen LogP contribution in [0.2, 0.25) is 10.0 Å². The molecule has 0 atom stereocenters. The Kier molecular flexibility index (Phi) is 5.45. The lowest BCUT2D eigenvalue weighted by atomic mass is 10.1. The normalized spacial score (nSPS) is 11.2. The highest BCUT2D eigenvalue weighted by Gasteiger charge is 2.12. The van der Waals surface area contributed by atoms with Crippen LogP contribution in [0.4, 0.5) is 0 Å². The fraction of sp³-hybridized carbons (Fsp3) is 0.100. The predicted molar refractivity (Wildman–Crippen MR) is 105 cm³/mol. The summed E-state index contributed by atoms with van der Waals surface area (Å²) >= 11 is 12.4. The van der Waals surface area contributed by atoms with Crippen LogP contribution in [0.25, 0.3) is 17.3 Å². The third-order valence-electron chi connectivity index (χ3n) is 3.92. The predicted octanol–water partition coefficient (Wildman–Crippen LogP) is 5.31. The third kappa shape index (κ3) is 4.15. The number of hydrogen-bond acceptors (Lipinski definition) is 2. The Bertz CT molecular complexity index is 993. The highest BCUT2D eigenvalue weighted by Crippen LogP contribution is 2.28. The Morgan fingerprint density at radius 2 is 2.00 bits per heavy atom. The molecular formula is C20H16Cl2N2O2. The summed E-state index contributed by atoms with van der Waals surface area (Å²) in [6.07, 6.45) is 6.25. The van der Waals surface area contributed by atoms with Crippen LogP contribution >= 0.6 is 23.2 Å².